The molecule has 0 unspecified atom stereocenters. The van der Waals surface area contributed by atoms with Crippen molar-refractivity contribution in [2.24, 2.45) is 0 Å². The maximum atomic E-state index is 12.2. The summed E-state index contributed by atoms with van der Waals surface area (Å²) < 4.78 is 16.2. The molecule has 138 valence electrons. The second-order valence-corrected chi connectivity index (χ2v) is 6.07. The Morgan fingerprint density at radius 1 is 1.19 bits per heavy atom. The monoisotopic (exact) mass is 384 g/mol. The van der Waals surface area contributed by atoms with Gasteiger partial charge in [-0.15, -0.1) is 0 Å². The van der Waals surface area contributed by atoms with Gasteiger partial charge in [0.15, 0.2) is 17.3 Å². The average Bonchev–Trinajstić information content (AvgIpc) is 3.13. The molecule has 0 aliphatic rings. The molecule has 0 aliphatic heterocycles. The van der Waals surface area contributed by atoms with E-state index in [0.717, 1.165) is 0 Å². The number of ether oxygens (including phenoxy) is 2. The number of halogens is 1. The highest BCUT2D eigenvalue weighted by atomic mass is 35.5. The summed E-state index contributed by atoms with van der Waals surface area (Å²) in [4.78, 5) is 12.2. The smallest absolute Gasteiger partial charge is 0.186 e. The number of furan rings is 1. The molecule has 3 rings (SSSR count). The van der Waals surface area contributed by atoms with Crippen LogP contribution in [0.4, 0.5) is 0 Å². The highest BCUT2D eigenvalue weighted by molar-refractivity contribution is 6.30. The van der Waals surface area contributed by atoms with E-state index >= 15 is 0 Å². The third-order valence-corrected chi connectivity index (χ3v) is 3.96. The van der Waals surface area contributed by atoms with Gasteiger partial charge < -0.3 is 19.0 Å². The van der Waals surface area contributed by atoms with E-state index in [9.17, 15) is 9.90 Å². The minimum absolute atomic E-state index is 0.0200. The molecule has 0 fully saturated rings. The number of phenolic OH excluding ortho intramolecular Hbond substituents is 1. The van der Waals surface area contributed by atoms with E-state index in [4.69, 9.17) is 25.5 Å². The van der Waals surface area contributed by atoms with E-state index in [2.05, 4.69) is 0 Å². The molecule has 2 aromatic carbocycles. The number of carbonyl (C=O) groups is 1. The first kappa shape index (κ1) is 18.6. The number of hydrogen-bond donors (Lipinski definition) is 1. The maximum absolute atomic E-state index is 12.2. The molecular weight excluding hydrogens is 368 g/mol. The SMILES string of the molecule is COc1cc(C(=O)C=Cc2ccc(COc3cccc(Cl)c3)o2)ccc1O. The van der Waals surface area contributed by atoms with Gasteiger partial charge in [-0.3, -0.25) is 4.79 Å². The molecule has 0 amide bonds. The van der Waals surface area contributed by atoms with E-state index in [-0.39, 0.29) is 23.9 Å². The summed E-state index contributed by atoms with van der Waals surface area (Å²) in [5, 5.41) is 10.2. The van der Waals surface area contributed by atoms with E-state index in [1.165, 1.54) is 31.4 Å². The number of rotatable bonds is 7. The molecule has 3 aromatic rings. The molecule has 0 spiro atoms. The van der Waals surface area contributed by atoms with Crippen LogP contribution >= 0.6 is 11.6 Å². The summed E-state index contributed by atoms with van der Waals surface area (Å²) in [5.41, 5.74) is 0.400. The van der Waals surface area contributed by atoms with Crippen molar-refractivity contribution in [3.8, 4) is 17.2 Å². The number of ketones is 1. The van der Waals surface area contributed by atoms with Crippen LogP contribution in [0, 0.1) is 0 Å². The van der Waals surface area contributed by atoms with Gasteiger partial charge in [-0.25, -0.2) is 0 Å². The van der Waals surface area contributed by atoms with Gasteiger partial charge in [0.2, 0.25) is 0 Å². The topological polar surface area (TPSA) is 68.9 Å². The zero-order valence-electron chi connectivity index (χ0n) is 14.5. The Balaban J connectivity index is 1.62. The molecule has 0 saturated carbocycles. The molecule has 6 heteroatoms. The predicted octanol–water partition coefficient (Wildman–Crippen LogP) is 5.12. The van der Waals surface area contributed by atoms with Crippen molar-refractivity contribution in [1.82, 2.24) is 0 Å². The van der Waals surface area contributed by atoms with Gasteiger partial charge in [-0.05, 0) is 60.7 Å². The van der Waals surface area contributed by atoms with E-state index in [1.807, 2.05) is 0 Å². The third kappa shape index (κ3) is 4.92. The molecule has 27 heavy (non-hydrogen) atoms. The fourth-order valence-electron chi connectivity index (χ4n) is 2.36. The quantitative estimate of drug-likeness (QED) is 0.452. The van der Waals surface area contributed by atoms with Crippen molar-refractivity contribution in [2.75, 3.05) is 7.11 Å². The van der Waals surface area contributed by atoms with Crippen molar-refractivity contribution in [3.63, 3.8) is 0 Å². The lowest BCUT2D eigenvalue weighted by Gasteiger charge is -2.04. The number of methoxy groups -OCH3 is 1. The summed E-state index contributed by atoms with van der Waals surface area (Å²) in [6.45, 7) is 0.247. The number of allylic oxidation sites excluding steroid dienone is 1. The Morgan fingerprint density at radius 2 is 2.04 bits per heavy atom. The van der Waals surface area contributed by atoms with Crippen LogP contribution in [0.2, 0.25) is 5.02 Å². The van der Waals surface area contributed by atoms with Crippen molar-refractivity contribution < 1.29 is 23.8 Å². The highest BCUT2D eigenvalue weighted by Gasteiger charge is 2.08. The fraction of sp³-hybridized carbons (Fsp3) is 0.0952. The van der Waals surface area contributed by atoms with Gasteiger partial charge in [0.1, 0.15) is 23.9 Å². The summed E-state index contributed by atoms with van der Waals surface area (Å²) in [6, 6.07) is 15.0. The van der Waals surface area contributed by atoms with Gasteiger partial charge in [0, 0.05) is 10.6 Å². The first-order valence-electron chi connectivity index (χ1n) is 8.11. The molecule has 1 aromatic heterocycles. The third-order valence-electron chi connectivity index (χ3n) is 3.72. The number of carbonyl (C=O) groups excluding carboxylic acids is 1. The van der Waals surface area contributed by atoms with Crippen LogP contribution in [0.3, 0.4) is 0 Å². The lowest BCUT2D eigenvalue weighted by Crippen LogP contribution is -1.95. The highest BCUT2D eigenvalue weighted by Crippen LogP contribution is 2.26. The van der Waals surface area contributed by atoms with Crippen LogP contribution < -0.4 is 9.47 Å². The normalized spacial score (nSPS) is 10.9. The Hall–Kier alpha value is -3.18. The number of aromatic hydroxyl groups is 1. The van der Waals surface area contributed by atoms with Gasteiger partial charge in [0.05, 0.1) is 7.11 Å². The molecule has 1 N–H and O–H groups in total. The van der Waals surface area contributed by atoms with Crippen LogP contribution in [-0.2, 0) is 6.61 Å². The van der Waals surface area contributed by atoms with Crippen LogP contribution in [0.1, 0.15) is 21.9 Å². The van der Waals surface area contributed by atoms with Gasteiger partial charge in [0.25, 0.3) is 0 Å². The summed E-state index contributed by atoms with van der Waals surface area (Å²) in [7, 11) is 1.43. The Kier molecular flexibility index (Phi) is 5.84. The zero-order chi connectivity index (χ0) is 19.2. The van der Waals surface area contributed by atoms with Gasteiger partial charge in [-0.1, -0.05) is 17.7 Å². The van der Waals surface area contributed by atoms with E-state index in [1.54, 1.807) is 42.5 Å². The van der Waals surface area contributed by atoms with Gasteiger partial charge in [-0.2, -0.15) is 0 Å². The number of hydrogen-bond acceptors (Lipinski definition) is 5. The average molecular weight is 385 g/mol. The van der Waals surface area contributed by atoms with E-state index in [0.29, 0.717) is 27.9 Å². The van der Waals surface area contributed by atoms with Crippen LogP contribution in [0.15, 0.2) is 65.1 Å². The van der Waals surface area contributed by atoms with Crippen LogP contribution in [-0.4, -0.2) is 18.0 Å². The zero-order valence-corrected chi connectivity index (χ0v) is 15.3. The minimum Gasteiger partial charge on any atom is -0.504 e. The van der Waals surface area contributed by atoms with E-state index < -0.39 is 0 Å². The molecule has 0 bridgehead atoms. The summed E-state index contributed by atoms with van der Waals surface area (Å²) >= 11 is 5.91. The van der Waals surface area contributed by atoms with Crippen molar-refractivity contribution >= 4 is 23.5 Å². The predicted molar refractivity (Wildman–Crippen MR) is 103 cm³/mol. The first-order valence-corrected chi connectivity index (χ1v) is 8.49. The summed E-state index contributed by atoms with van der Waals surface area (Å²) in [6.07, 6.45) is 2.97. The molecule has 1 heterocycles. The number of benzene rings is 2. The Labute approximate surface area is 161 Å². The minimum atomic E-state index is -0.235. The Bertz CT molecular complexity index is 974. The molecular formula is C21H17ClO5. The molecule has 5 nitrogen and oxygen atoms in total. The molecule has 0 atom stereocenters. The fourth-order valence-corrected chi connectivity index (χ4v) is 2.54. The van der Waals surface area contributed by atoms with Crippen molar-refractivity contribution in [1.29, 1.82) is 0 Å². The largest absolute Gasteiger partial charge is 0.504 e. The van der Waals surface area contributed by atoms with Gasteiger partial charge >= 0.3 is 0 Å². The molecule has 0 saturated heterocycles. The lowest BCUT2D eigenvalue weighted by molar-refractivity contribution is 0.104. The van der Waals surface area contributed by atoms with Crippen molar-refractivity contribution in [2.45, 2.75) is 6.61 Å². The standard InChI is InChI=1S/C21H17ClO5/c1-25-21-11-14(5-9-20(21)24)19(23)10-8-16-6-7-18(27-16)13-26-17-4-2-3-15(22)12-17/h2-12,24H,13H2,1H3. The number of phenols is 1. The van der Waals surface area contributed by atoms with Crippen LogP contribution in [0.25, 0.3) is 6.08 Å². The maximum Gasteiger partial charge on any atom is 0.186 e. The van der Waals surface area contributed by atoms with Crippen LogP contribution in [0.5, 0.6) is 17.2 Å². The first-order chi connectivity index (χ1) is 13.0. The Morgan fingerprint density at radius 3 is 2.81 bits per heavy atom. The summed E-state index contributed by atoms with van der Waals surface area (Å²) in [5.74, 6) is 1.78. The second-order valence-electron chi connectivity index (χ2n) is 5.63. The lowest BCUT2D eigenvalue weighted by atomic mass is 10.1. The molecule has 0 aliphatic carbocycles. The molecule has 0 radical (unpaired) electrons. The second kappa shape index (κ2) is 8.47. The van der Waals surface area contributed by atoms with Crippen molar-refractivity contribution in [3.05, 3.63) is 82.8 Å².